The first-order chi connectivity index (χ1) is 9.87. The molecule has 21 heavy (non-hydrogen) atoms. The number of hydrogen-bond acceptors (Lipinski definition) is 5. The molecule has 2 N–H and O–H groups in total. The zero-order valence-corrected chi connectivity index (χ0v) is 13.0. The quantitative estimate of drug-likeness (QED) is 0.825. The van der Waals surface area contributed by atoms with Crippen molar-refractivity contribution < 1.29 is 13.2 Å². The van der Waals surface area contributed by atoms with Crippen LogP contribution in [0.15, 0.2) is 18.3 Å². The number of carbonyl (C=O) groups is 1. The highest BCUT2D eigenvalue weighted by molar-refractivity contribution is 7.91. The molecular weight excluding hydrogens is 292 g/mol. The summed E-state index contributed by atoms with van der Waals surface area (Å²) in [7, 11) is 0.783. The molecule has 7 nitrogen and oxygen atoms in total. The second-order valence-electron chi connectivity index (χ2n) is 5.31. The SMILES string of the molecule is CN(C)c1ncccc1CNC(=O)N[C@H]1CCS(=O)(=O)C1. The summed E-state index contributed by atoms with van der Waals surface area (Å²) in [6.45, 7) is 0.340. The van der Waals surface area contributed by atoms with Gasteiger partial charge in [-0.25, -0.2) is 18.2 Å². The highest BCUT2D eigenvalue weighted by Crippen LogP contribution is 2.14. The van der Waals surface area contributed by atoms with Crippen molar-refractivity contribution in [1.29, 1.82) is 0 Å². The summed E-state index contributed by atoms with van der Waals surface area (Å²) in [6, 6.07) is 3.05. The third-order valence-corrected chi connectivity index (χ3v) is 5.07. The van der Waals surface area contributed by atoms with Crippen molar-refractivity contribution in [3.05, 3.63) is 23.9 Å². The monoisotopic (exact) mass is 312 g/mol. The van der Waals surface area contributed by atoms with Gasteiger partial charge in [0.15, 0.2) is 9.84 Å². The van der Waals surface area contributed by atoms with Crippen molar-refractivity contribution in [2.24, 2.45) is 0 Å². The van der Waals surface area contributed by atoms with E-state index < -0.39 is 9.84 Å². The Hall–Kier alpha value is -1.83. The van der Waals surface area contributed by atoms with Crippen molar-refractivity contribution in [1.82, 2.24) is 15.6 Å². The molecule has 0 bridgehead atoms. The lowest BCUT2D eigenvalue weighted by atomic mass is 10.2. The third-order valence-electron chi connectivity index (χ3n) is 3.30. The Kier molecular flexibility index (Phi) is 4.66. The van der Waals surface area contributed by atoms with Crippen LogP contribution in [0.4, 0.5) is 10.6 Å². The zero-order valence-electron chi connectivity index (χ0n) is 12.2. The first kappa shape index (κ1) is 15.6. The van der Waals surface area contributed by atoms with Gasteiger partial charge >= 0.3 is 6.03 Å². The Labute approximate surface area is 124 Å². The first-order valence-electron chi connectivity index (χ1n) is 6.73. The van der Waals surface area contributed by atoms with Gasteiger partial charge in [0, 0.05) is 38.4 Å². The fourth-order valence-corrected chi connectivity index (χ4v) is 3.97. The van der Waals surface area contributed by atoms with Gasteiger partial charge in [-0.1, -0.05) is 6.07 Å². The lowest BCUT2D eigenvalue weighted by Gasteiger charge is -2.17. The summed E-state index contributed by atoms with van der Waals surface area (Å²) >= 11 is 0. The molecule has 2 rings (SSSR count). The van der Waals surface area contributed by atoms with Crippen molar-refractivity contribution >= 4 is 21.7 Å². The third kappa shape index (κ3) is 4.32. The van der Waals surface area contributed by atoms with Crippen molar-refractivity contribution in [3.8, 4) is 0 Å². The number of urea groups is 1. The lowest BCUT2D eigenvalue weighted by molar-refractivity contribution is 0.237. The Bertz CT molecular complexity index is 616. The Morgan fingerprint density at radius 1 is 1.48 bits per heavy atom. The summed E-state index contributed by atoms with van der Waals surface area (Å²) in [5.41, 5.74) is 0.900. The maximum absolute atomic E-state index is 11.8. The molecule has 0 aliphatic carbocycles. The molecule has 1 aliphatic heterocycles. The molecule has 8 heteroatoms. The van der Waals surface area contributed by atoms with Gasteiger partial charge in [-0.15, -0.1) is 0 Å². The minimum atomic E-state index is -2.99. The normalized spacial score (nSPS) is 20.0. The van der Waals surface area contributed by atoms with E-state index in [0.29, 0.717) is 13.0 Å². The first-order valence-corrected chi connectivity index (χ1v) is 8.55. The Morgan fingerprint density at radius 3 is 2.86 bits per heavy atom. The molecule has 1 aromatic rings. The second kappa shape index (κ2) is 6.30. The van der Waals surface area contributed by atoms with Crippen LogP contribution < -0.4 is 15.5 Å². The topological polar surface area (TPSA) is 91.4 Å². The molecule has 1 saturated heterocycles. The van der Waals surface area contributed by atoms with Crippen LogP contribution in [0.1, 0.15) is 12.0 Å². The summed E-state index contributed by atoms with van der Waals surface area (Å²) in [5.74, 6) is 0.961. The van der Waals surface area contributed by atoms with Crippen LogP contribution in [0.2, 0.25) is 0 Å². The summed E-state index contributed by atoms with van der Waals surface area (Å²) in [5, 5.41) is 5.43. The van der Waals surface area contributed by atoms with Gasteiger partial charge in [-0.3, -0.25) is 0 Å². The minimum Gasteiger partial charge on any atom is -0.362 e. The smallest absolute Gasteiger partial charge is 0.315 e. The van der Waals surface area contributed by atoms with Crippen LogP contribution in [0.25, 0.3) is 0 Å². The average molecular weight is 312 g/mol. The number of carbonyl (C=O) groups excluding carboxylic acids is 1. The summed E-state index contributed by atoms with van der Waals surface area (Å²) in [6.07, 6.45) is 2.17. The number of amides is 2. The fourth-order valence-electron chi connectivity index (χ4n) is 2.29. The molecule has 1 aliphatic rings. The Morgan fingerprint density at radius 2 is 2.24 bits per heavy atom. The maximum Gasteiger partial charge on any atom is 0.315 e. The molecule has 1 aromatic heterocycles. The maximum atomic E-state index is 11.8. The highest BCUT2D eigenvalue weighted by atomic mass is 32.2. The molecule has 2 amide bonds. The van der Waals surface area contributed by atoms with E-state index in [9.17, 15) is 13.2 Å². The number of aromatic nitrogens is 1. The van der Waals surface area contributed by atoms with Gasteiger partial charge < -0.3 is 15.5 Å². The molecule has 0 saturated carbocycles. The number of nitrogens with one attached hydrogen (secondary N) is 2. The van der Waals surface area contributed by atoms with E-state index in [2.05, 4.69) is 15.6 Å². The lowest BCUT2D eigenvalue weighted by Crippen LogP contribution is -2.42. The molecule has 0 aromatic carbocycles. The van der Waals surface area contributed by atoms with Crippen LogP contribution in [-0.4, -0.2) is 51.1 Å². The second-order valence-corrected chi connectivity index (χ2v) is 7.54. The number of rotatable bonds is 4. The van der Waals surface area contributed by atoms with Crippen molar-refractivity contribution in [3.63, 3.8) is 0 Å². The van der Waals surface area contributed by atoms with Crippen LogP contribution in [0, 0.1) is 0 Å². The van der Waals surface area contributed by atoms with Crippen molar-refractivity contribution in [2.45, 2.75) is 19.0 Å². The molecule has 0 unspecified atom stereocenters. The van der Waals surface area contributed by atoms with E-state index in [1.54, 1.807) is 6.20 Å². The summed E-state index contributed by atoms with van der Waals surface area (Å²) < 4.78 is 22.7. The van der Waals surface area contributed by atoms with Crippen LogP contribution >= 0.6 is 0 Å². The van der Waals surface area contributed by atoms with E-state index >= 15 is 0 Å². The predicted molar refractivity (Wildman–Crippen MR) is 81.0 cm³/mol. The molecule has 1 fully saturated rings. The van der Waals surface area contributed by atoms with E-state index in [1.165, 1.54) is 0 Å². The van der Waals surface area contributed by atoms with E-state index in [1.807, 2.05) is 31.1 Å². The van der Waals surface area contributed by atoms with Crippen LogP contribution in [0.5, 0.6) is 0 Å². The zero-order chi connectivity index (χ0) is 15.5. The van der Waals surface area contributed by atoms with Gasteiger partial charge in [0.1, 0.15) is 5.82 Å². The minimum absolute atomic E-state index is 0.0241. The number of nitrogens with zero attached hydrogens (tertiary/aromatic N) is 2. The van der Waals surface area contributed by atoms with Crippen LogP contribution in [0.3, 0.4) is 0 Å². The predicted octanol–water partition coefficient (Wildman–Crippen LogP) is 0.134. The number of pyridine rings is 1. The fraction of sp³-hybridized carbons (Fsp3) is 0.538. The molecule has 0 radical (unpaired) electrons. The highest BCUT2D eigenvalue weighted by Gasteiger charge is 2.28. The van der Waals surface area contributed by atoms with E-state index in [0.717, 1.165) is 11.4 Å². The van der Waals surface area contributed by atoms with Gasteiger partial charge in [0.2, 0.25) is 0 Å². The van der Waals surface area contributed by atoms with E-state index in [-0.39, 0.29) is 23.6 Å². The van der Waals surface area contributed by atoms with Crippen molar-refractivity contribution in [2.75, 3.05) is 30.5 Å². The molecule has 1 atom stereocenters. The Balaban J connectivity index is 1.87. The standard InChI is InChI=1S/C13H20N4O3S/c1-17(2)12-10(4-3-6-14-12)8-15-13(18)16-11-5-7-21(19,20)9-11/h3-4,6,11H,5,7-9H2,1-2H3,(H2,15,16,18)/t11-/m0/s1. The van der Waals surface area contributed by atoms with Gasteiger partial charge in [-0.05, 0) is 12.5 Å². The summed E-state index contributed by atoms with van der Waals surface area (Å²) in [4.78, 5) is 17.9. The number of sulfone groups is 1. The average Bonchev–Trinajstić information content (AvgIpc) is 2.75. The largest absolute Gasteiger partial charge is 0.362 e. The number of anilines is 1. The van der Waals surface area contributed by atoms with Gasteiger partial charge in [-0.2, -0.15) is 0 Å². The molecule has 116 valence electrons. The van der Waals surface area contributed by atoms with E-state index in [4.69, 9.17) is 0 Å². The molecule has 0 spiro atoms. The number of hydrogen-bond donors (Lipinski definition) is 2. The molecular formula is C13H20N4O3S. The van der Waals surface area contributed by atoms with Gasteiger partial charge in [0.05, 0.1) is 11.5 Å². The van der Waals surface area contributed by atoms with Gasteiger partial charge in [0.25, 0.3) is 0 Å². The van der Waals surface area contributed by atoms with Crippen LogP contribution in [-0.2, 0) is 16.4 Å². The molecule has 2 heterocycles.